The van der Waals surface area contributed by atoms with Crippen LogP contribution < -0.4 is 5.32 Å². The molecule has 0 amide bonds. The summed E-state index contributed by atoms with van der Waals surface area (Å²) in [5.74, 6) is 6.18. The van der Waals surface area contributed by atoms with Crippen LogP contribution in [0.15, 0.2) is 30.3 Å². The molecule has 0 aliphatic carbocycles. The predicted octanol–water partition coefficient (Wildman–Crippen LogP) is 1.95. The lowest BCUT2D eigenvalue weighted by Gasteiger charge is -2.32. The van der Waals surface area contributed by atoms with Gasteiger partial charge in [0.1, 0.15) is 5.60 Å². The van der Waals surface area contributed by atoms with Gasteiger partial charge < -0.3 is 15.3 Å². The summed E-state index contributed by atoms with van der Waals surface area (Å²) < 4.78 is 0. The van der Waals surface area contributed by atoms with E-state index in [1.165, 1.54) is 0 Å². The Bertz CT molecular complexity index is 453. The van der Waals surface area contributed by atoms with E-state index in [-0.39, 0.29) is 6.04 Å². The minimum atomic E-state index is -0.806. The van der Waals surface area contributed by atoms with Gasteiger partial charge in [-0.25, -0.2) is 0 Å². The van der Waals surface area contributed by atoms with Crippen LogP contribution in [0.4, 0.5) is 5.69 Å². The number of likely N-dealkylation sites (tertiary alicyclic amines) is 1. The molecular weight excluding hydrogens is 236 g/mol. The Morgan fingerprint density at radius 1 is 1.26 bits per heavy atom. The molecule has 1 heterocycles. The van der Waals surface area contributed by atoms with Crippen molar-refractivity contribution < 1.29 is 5.11 Å². The van der Waals surface area contributed by atoms with Crippen molar-refractivity contribution in [3.63, 3.8) is 0 Å². The van der Waals surface area contributed by atoms with E-state index in [0.29, 0.717) is 0 Å². The third-order valence-corrected chi connectivity index (χ3v) is 3.49. The van der Waals surface area contributed by atoms with E-state index in [4.69, 9.17) is 0 Å². The molecule has 0 saturated carbocycles. The number of piperidine rings is 1. The van der Waals surface area contributed by atoms with E-state index in [0.717, 1.165) is 31.6 Å². The van der Waals surface area contributed by atoms with Crippen molar-refractivity contribution in [3.8, 4) is 11.8 Å². The van der Waals surface area contributed by atoms with Crippen molar-refractivity contribution in [2.75, 3.05) is 25.5 Å². The number of para-hydroxylation sites is 1. The Labute approximate surface area is 115 Å². The summed E-state index contributed by atoms with van der Waals surface area (Å²) in [6.45, 7) is 3.83. The summed E-state index contributed by atoms with van der Waals surface area (Å²) in [4.78, 5) is 2.22. The number of nitrogens with zero attached hydrogens (tertiary/aromatic N) is 1. The number of hydrogen-bond donors (Lipinski definition) is 2. The van der Waals surface area contributed by atoms with Crippen molar-refractivity contribution in [2.24, 2.45) is 0 Å². The summed E-state index contributed by atoms with van der Waals surface area (Å²) in [7, 11) is 2.08. The first-order valence-corrected chi connectivity index (χ1v) is 6.83. The fourth-order valence-electron chi connectivity index (χ4n) is 2.18. The fourth-order valence-corrected chi connectivity index (χ4v) is 2.18. The SMILES string of the molecule is CC(C#CC1(O)CCN(C)CC1)Nc1ccccc1. The van der Waals surface area contributed by atoms with Crippen LogP contribution in [0.25, 0.3) is 0 Å². The zero-order valence-electron chi connectivity index (χ0n) is 11.7. The van der Waals surface area contributed by atoms with Gasteiger partial charge in [0.05, 0.1) is 6.04 Å². The standard InChI is InChI=1S/C16H22N2O/c1-14(17-15-6-4-3-5-7-15)8-9-16(19)10-12-18(2)13-11-16/h3-7,14,17,19H,10-13H2,1-2H3. The summed E-state index contributed by atoms with van der Waals surface area (Å²) in [6.07, 6.45) is 1.46. The first kappa shape index (κ1) is 13.9. The zero-order chi connectivity index (χ0) is 13.7. The molecule has 2 N–H and O–H groups in total. The first-order chi connectivity index (χ1) is 9.07. The average Bonchev–Trinajstić information content (AvgIpc) is 2.42. The number of benzene rings is 1. The Balaban J connectivity index is 1.92. The van der Waals surface area contributed by atoms with E-state index in [2.05, 4.69) is 29.1 Å². The molecule has 3 nitrogen and oxygen atoms in total. The lowest BCUT2D eigenvalue weighted by Crippen LogP contribution is -2.41. The molecule has 1 fully saturated rings. The van der Waals surface area contributed by atoms with E-state index in [1.807, 2.05) is 37.3 Å². The number of hydrogen-bond acceptors (Lipinski definition) is 3. The van der Waals surface area contributed by atoms with Crippen molar-refractivity contribution in [3.05, 3.63) is 30.3 Å². The molecule has 1 aromatic rings. The fraction of sp³-hybridized carbons (Fsp3) is 0.500. The molecule has 0 radical (unpaired) electrons. The molecule has 102 valence electrons. The van der Waals surface area contributed by atoms with Gasteiger partial charge in [0.2, 0.25) is 0 Å². The van der Waals surface area contributed by atoms with Gasteiger partial charge in [-0.15, -0.1) is 0 Å². The lowest BCUT2D eigenvalue weighted by molar-refractivity contribution is 0.0349. The van der Waals surface area contributed by atoms with Crippen molar-refractivity contribution in [1.29, 1.82) is 0 Å². The van der Waals surface area contributed by atoms with Crippen LogP contribution in [0, 0.1) is 11.8 Å². The number of nitrogens with one attached hydrogen (secondary N) is 1. The maximum Gasteiger partial charge on any atom is 0.128 e. The second-order valence-corrected chi connectivity index (χ2v) is 5.34. The highest BCUT2D eigenvalue weighted by Gasteiger charge is 2.28. The highest BCUT2D eigenvalue weighted by atomic mass is 16.3. The van der Waals surface area contributed by atoms with Crippen molar-refractivity contribution in [2.45, 2.75) is 31.4 Å². The van der Waals surface area contributed by atoms with Crippen molar-refractivity contribution >= 4 is 5.69 Å². The minimum absolute atomic E-state index is 0.0334. The Hall–Kier alpha value is -1.50. The predicted molar refractivity (Wildman–Crippen MR) is 79.0 cm³/mol. The third-order valence-electron chi connectivity index (χ3n) is 3.49. The lowest BCUT2D eigenvalue weighted by atomic mass is 9.92. The normalized spacial score (nSPS) is 20.2. The number of rotatable bonds is 2. The van der Waals surface area contributed by atoms with Gasteiger partial charge in [0.25, 0.3) is 0 Å². The topological polar surface area (TPSA) is 35.5 Å². The highest BCUT2D eigenvalue weighted by Crippen LogP contribution is 2.20. The van der Waals surface area contributed by atoms with Gasteiger partial charge in [-0.2, -0.15) is 0 Å². The van der Waals surface area contributed by atoms with E-state index < -0.39 is 5.60 Å². The molecule has 1 aliphatic rings. The molecule has 0 aromatic heterocycles. The van der Waals surface area contributed by atoms with E-state index in [9.17, 15) is 5.11 Å². The molecule has 0 spiro atoms. The summed E-state index contributed by atoms with van der Waals surface area (Å²) in [5, 5.41) is 13.7. The molecule has 1 unspecified atom stereocenters. The number of aliphatic hydroxyl groups is 1. The molecule has 2 rings (SSSR count). The Morgan fingerprint density at radius 2 is 1.89 bits per heavy atom. The summed E-state index contributed by atoms with van der Waals surface area (Å²) in [6, 6.07) is 10.0. The number of anilines is 1. The molecule has 1 aromatic carbocycles. The monoisotopic (exact) mass is 258 g/mol. The molecular formula is C16H22N2O. The van der Waals surface area contributed by atoms with Crippen LogP contribution in [0.5, 0.6) is 0 Å². The molecule has 3 heteroatoms. The maximum absolute atomic E-state index is 10.4. The Morgan fingerprint density at radius 3 is 2.53 bits per heavy atom. The minimum Gasteiger partial charge on any atom is -0.378 e. The second kappa shape index (κ2) is 6.10. The van der Waals surface area contributed by atoms with Gasteiger partial charge in [0.15, 0.2) is 0 Å². The van der Waals surface area contributed by atoms with Gasteiger partial charge >= 0.3 is 0 Å². The van der Waals surface area contributed by atoms with Crippen LogP contribution >= 0.6 is 0 Å². The van der Waals surface area contributed by atoms with E-state index >= 15 is 0 Å². The van der Waals surface area contributed by atoms with Crippen LogP contribution in [0.3, 0.4) is 0 Å². The summed E-state index contributed by atoms with van der Waals surface area (Å²) in [5.41, 5.74) is 0.249. The highest BCUT2D eigenvalue weighted by molar-refractivity contribution is 5.45. The molecule has 1 aliphatic heterocycles. The first-order valence-electron chi connectivity index (χ1n) is 6.83. The molecule has 19 heavy (non-hydrogen) atoms. The third kappa shape index (κ3) is 4.27. The van der Waals surface area contributed by atoms with Crippen LogP contribution in [0.1, 0.15) is 19.8 Å². The maximum atomic E-state index is 10.4. The van der Waals surface area contributed by atoms with Gasteiger partial charge in [0, 0.05) is 31.6 Å². The average molecular weight is 258 g/mol. The quantitative estimate of drug-likeness (QED) is 0.796. The van der Waals surface area contributed by atoms with Crippen LogP contribution in [0.2, 0.25) is 0 Å². The smallest absolute Gasteiger partial charge is 0.128 e. The van der Waals surface area contributed by atoms with Gasteiger partial charge in [-0.05, 0) is 26.1 Å². The molecule has 1 atom stereocenters. The molecule has 0 bridgehead atoms. The van der Waals surface area contributed by atoms with Gasteiger partial charge in [-0.3, -0.25) is 0 Å². The van der Waals surface area contributed by atoms with E-state index in [1.54, 1.807) is 0 Å². The molecule has 1 saturated heterocycles. The summed E-state index contributed by atoms with van der Waals surface area (Å²) >= 11 is 0. The van der Waals surface area contributed by atoms with Gasteiger partial charge in [-0.1, -0.05) is 30.0 Å². The van der Waals surface area contributed by atoms with Crippen LogP contribution in [-0.4, -0.2) is 41.8 Å². The zero-order valence-corrected chi connectivity index (χ0v) is 11.7. The largest absolute Gasteiger partial charge is 0.378 e. The second-order valence-electron chi connectivity index (χ2n) is 5.34. The Kier molecular flexibility index (Phi) is 4.47. The van der Waals surface area contributed by atoms with Crippen LogP contribution in [-0.2, 0) is 0 Å². The van der Waals surface area contributed by atoms with Crippen molar-refractivity contribution in [1.82, 2.24) is 4.90 Å².